The van der Waals surface area contributed by atoms with E-state index in [1.165, 1.54) is 6.07 Å². The highest BCUT2D eigenvalue weighted by atomic mass is 16.6. The lowest BCUT2D eigenvalue weighted by Crippen LogP contribution is -2.31. The van der Waals surface area contributed by atoms with E-state index in [1.54, 1.807) is 13.1 Å². The molecule has 1 aromatic rings. The van der Waals surface area contributed by atoms with Gasteiger partial charge in [0.2, 0.25) is 5.82 Å². The first-order chi connectivity index (χ1) is 9.02. The highest BCUT2D eigenvalue weighted by Crippen LogP contribution is 2.36. The van der Waals surface area contributed by atoms with E-state index < -0.39 is 0 Å². The van der Waals surface area contributed by atoms with Gasteiger partial charge < -0.3 is 10.2 Å². The van der Waals surface area contributed by atoms with Crippen LogP contribution in [0.3, 0.4) is 0 Å². The Labute approximate surface area is 113 Å². The highest BCUT2D eigenvalue weighted by Gasteiger charge is 2.34. The molecular formula is C13H20N4O2. The van der Waals surface area contributed by atoms with Gasteiger partial charge in [0.05, 0.1) is 4.92 Å². The largest absolute Gasteiger partial charge is 0.373 e. The van der Waals surface area contributed by atoms with Gasteiger partial charge in [0.25, 0.3) is 0 Å². The zero-order valence-corrected chi connectivity index (χ0v) is 11.6. The fourth-order valence-corrected chi connectivity index (χ4v) is 2.12. The molecule has 6 heteroatoms. The van der Waals surface area contributed by atoms with Crippen molar-refractivity contribution in [3.63, 3.8) is 0 Å². The molecule has 0 radical (unpaired) electrons. The smallest absolute Gasteiger partial charge is 0.311 e. The van der Waals surface area contributed by atoms with E-state index >= 15 is 0 Å². The number of rotatable bonds is 6. The molecule has 1 saturated carbocycles. The molecule has 0 unspecified atom stereocenters. The molecule has 1 fully saturated rings. The van der Waals surface area contributed by atoms with Crippen molar-refractivity contribution in [1.82, 2.24) is 4.98 Å². The van der Waals surface area contributed by atoms with Crippen LogP contribution in [0.2, 0.25) is 0 Å². The highest BCUT2D eigenvalue weighted by molar-refractivity contribution is 5.62. The number of aromatic nitrogens is 1. The zero-order valence-electron chi connectivity index (χ0n) is 11.6. The van der Waals surface area contributed by atoms with Crippen LogP contribution in [0.4, 0.5) is 17.3 Å². The summed E-state index contributed by atoms with van der Waals surface area (Å²) in [5, 5.41) is 14.1. The Balaban J connectivity index is 2.40. The summed E-state index contributed by atoms with van der Waals surface area (Å²) < 4.78 is 0. The van der Waals surface area contributed by atoms with Crippen LogP contribution in [0.25, 0.3) is 0 Å². The summed E-state index contributed by atoms with van der Waals surface area (Å²) in [5.41, 5.74) is 0.0894. The third-order valence-electron chi connectivity index (χ3n) is 3.13. The molecule has 2 rings (SSSR count). The van der Waals surface area contributed by atoms with Crippen molar-refractivity contribution < 1.29 is 4.92 Å². The molecule has 1 aromatic heterocycles. The molecule has 0 aromatic carbocycles. The van der Waals surface area contributed by atoms with Crippen LogP contribution in [-0.2, 0) is 0 Å². The van der Waals surface area contributed by atoms with Crippen molar-refractivity contribution in [3.05, 3.63) is 22.2 Å². The molecule has 1 heterocycles. The minimum Gasteiger partial charge on any atom is -0.373 e. The molecule has 1 aliphatic rings. The average Bonchev–Trinajstić information content (AvgIpc) is 3.19. The van der Waals surface area contributed by atoms with Crippen molar-refractivity contribution in [2.45, 2.75) is 32.7 Å². The van der Waals surface area contributed by atoms with E-state index in [9.17, 15) is 10.1 Å². The van der Waals surface area contributed by atoms with Gasteiger partial charge in [-0.1, -0.05) is 13.8 Å². The van der Waals surface area contributed by atoms with E-state index in [1.807, 2.05) is 0 Å². The van der Waals surface area contributed by atoms with E-state index in [0.29, 0.717) is 23.6 Å². The van der Waals surface area contributed by atoms with Gasteiger partial charge in [-0.25, -0.2) is 4.98 Å². The summed E-state index contributed by atoms with van der Waals surface area (Å²) in [6.45, 7) is 5.03. The Morgan fingerprint density at radius 2 is 2.21 bits per heavy atom. The van der Waals surface area contributed by atoms with Crippen LogP contribution in [0, 0.1) is 16.0 Å². The van der Waals surface area contributed by atoms with Gasteiger partial charge in [-0.2, -0.15) is 0 Å². The summed E-state index contributed by atoms with van der Waals surface area (Å²) >= 11 is 0. The van der Waals surface area contributed by atoms with Gasteiger partial charge in [-0.3, -0.25) is 10.1 Å². The summed E-state index contributed by atoms with van der Waals surface area (Å²) in [6.07, 6.45) is 2.19. The standard InChI is InChI=1S/C13H20N4O2/c1-9(2)8-16(10-4-5-10)13-11(17(18)19)6-7-12(14-3)15-13/h6-7,9-10H,4-5,8H2,1-3H3,(H,14,15). The summed E-state index contributed by atoms with van der Waals surface area (Å²) in [5.74, 6) is 1.60. The fourth-order valence-electron chi connectivity index (χ4n) is 2.12. The molecule has 0 bridgehead atoms. The van der Waals surface area contributed by atoms with Crippen LogP contribution in [-0.4, -0.2) is 29.5 Å². The first kappa shape index (κ1) is 13.6. The van der Waals surface area contributed by atoms with Crippen LogP contribution in [0.15, 0.2) is 12.1 Å². The number of nitrogens with zero attached hydrogens (tertiary/aromatic N) is 3. The maximum atomic E-state index is 11.2. The van der Waals surface area contributed by atoms with Crippen molar-refractivity contribution >= 4 is 17.3 Å². The number of nitro groups is 1. The molecule has 6 nitrogen and oxygen atoms in total. The lowest BCUT2D eigenvalue weighted by atomic mass is 10.2. The first-order valence-electron chi connectivity index (χ1n) is 6.62. The lowest BCUT2D eigenvalue weighted by Gasteiger charge is -2.25. The molecular weight excluding hydrogens is 244 g/mol. The molecule has 0 atom stereocenters. The van der Waals surface area contributed by atoms with Crippen LogP contribution in [0.5, 0.6) is 0 Å². The minimum atomic E-state index is -0.350. The van der Waals surface area contributed by atoms with Crippen LogP contribution < -0.4 is 10.2 Å². The second-order valence-electron chi connectivity index (χ2n) is 5.32. The second-order valence-corrected chi connectivity index (χ2v) is 5.32. The van der Waals surface area contributed by atoms with Gasteiger partial charge in [-0.05, 0) is 24.8 Å². The predicted octanol–water partition coefficient (Wildman–Crippen LogP) is 2.66. The van der Waals surface area contributed by atoms with Crippen molar-refractivity contribution in [1.29, 1.82) is 0 Å². The summed E-state index contributed by atoms with van der Waals surface area (Å²) in [7, 11) is 1.77. The number of nitrogens with one attached hydrogen (secondary N) is 1. The number of anilines is 2. The Morgan fingerprint density at radius 3 is 2.68 bits per heavy atom. The summed E-state index contributed by atoms with van der Waals surface area (Å²) in [4.78, 5) is 17.3. The van der Waals surface area contributed by atoms with Crippen LogP contribution >= 0.6 is 0 Å². The lowest BCUT2D eigenvalue weighted by molar-refractivity contribution is -0.384. The van der Waals surface area contributed by atoms with Gasteiger partial charge >= 0.3 is 5.69 Å². The minimum absolute atomic E-state index is 0.0894. The molecule has 1 N–H and O–H groups in total. The normalized spacial score (nSPS) is 14.5. The third-order valence-corrected chi connectivity index (χ3v) is 3.13. The first-order valence-corrected chi connectivity index (χ1v) is 6.62. The quantitative estimate of drug-likeness (QED) is 0.631. The second kappa shape index (κ2) is 5.42. The Kier molecular flexibility index (Phi) is 3.87. The monoisotopic (exact) mass is 264 g/mol. The molecule has 0 aliphatic heterocycles. The maximum absolute atomic E-state index is 11.2. The predicted molar refractivity (Wildman–Crippen MR) is 75.6 cm³/mol. The molecule has 0 saturated heterocycles. The van der Waals surface area contributed by atoms with E-state index in [-0.39, 0.29) is 10.6 Å². The zero-order chi connectivity index (χ0) is 14.0. The Bertz CT molecular complexity index is 472. The van der Waals surface area contributed by atoms with Gasteiger partial charge in [0.15, 0.2) is 0 Å². The molecule has 0 amide bonds. The molecule has 104 valence electrons. The van der Waals surface area contributed by atoms with Gasteiger partial charge in [0.1, 0.15) is 5.82 Å². The Morgan fingerprint density at radius 1 is 1.53 bits per heavy atom. The van der Waals surface area contributed by atoms with Crippen molar-refractivity contribution in [2.24, 2.45) is 5.92 Å². The maximum Gasteiger partial charge on any atom is 0.311 e. The molecule has 1 aliphatic carbocycles. The van der Waals surface area contributed by atoms with E-state index in [4.69, 9.17) is 0 Å². The van der Waals surface area contributed by atoms with Crippen LogP contribution in [0.1, 0.15) is 26.7 Å². The topological polar surface area (TPSA) is 71.3 Å². The molecule has 19 heavy (non-hydrogen) atoms. The van der Waals surface area contributed by atoms with Gasteiger partial charge in [-0.15, -0.1) is 0 Å². The number of hydrogen-bond acceptors (Lipinski definition) is 5. The van der Waals surface area contributed by atoms with Crippen molar-refractivity contribution in [3.8, 4) is 0 Å². The third kappa shape index (κ3) is 3.13. The molecule has 0 spiro atoms. The number of pyridine rings is 1. The van der Waals surface area contributed by atoms with Gasteiger partial charge in [0, 0.05) is 25.7 Å². The van der Waals surface area contributed by atoms with E-state index in [2.05, 4.69) is 29.0 Å². The summed E-state index contributed by atoms with van der Waals surface area (Å²) in [6, 6.07) is 3.58. The van der Waals surface area contributed by atoms with Crippen molar-refractivity contribution in [2.75, 3.05) is 23.8 Å². The Hall–Kier alpha value is -1.85. The SMILES string of the molecule is CNc1ccc([N+](=O)[O-])c(N(CC(C)C)C2CC2)n1. The van der Waals surface area contributed by atoms with E-state index in [0.717, 1.165) is 19.4 Å². The fraction of sp³-hybridized carbons (Fsp3) is 0.615. The number of hydrogen-bond donors (Lipinski definition) is 1. The average molecular weight is 264 g/mol.